The summed E-state index contributed by atoms with van der Waals surface area (Å²) in [6.45, 7) is 3.74. The average molecular weight is 345 g/mol. The van der Waals surface area contributed by atoms with E-state index in [1.165, 1.54) is 0 Å². The molecule has 1 aromatic heterocycles. The number of rotatable bonds is 4. The molecule has 1 N–H and O–H groups in total. The molecule has 4 heteroatoms. The molecule has 0 saturated heterocycles. The lowest BCUT2D eigenvalue weighted by Gasteiger charge is -2.15. The summed E-state index contributed by atoms with van der Waals surface area (Å²) in [6, 6.07) is 21.2. The van der Waals surface area contributed by atoms with Crippen molar-refractivity contribution in [2.45, 2.75) is 20.0 Å². The largest absolute Gasteiger partial charge is 0.481 e. The van der Waals surface area contributed by atoms with Crippen LogP contribution in [0.15, 0.2) is 71.1 Å². The minimum atomic E-state index is -0.607. The topological polar surface area (TPSA) is 51.5 Å². The second-order valence-electron chi connectivity index (χ2n) is 6.37. The Morgan fingerprint density at radius 1 is 0.962 bits per heavy atom. The molecule has 3 aromatic carbocycles. The molecule has 0 unspecified atom stereocenters. The molecule has 1 heterocycles. The Morgan fingerprint density at radius 3 is 2.50 bits per heavy atom. The van der Waals surface area contributed by atoms with Crippen LogP contribution in [0.2, 0.25) is 0 Å². The van der Waals surface area contributed by atoms with Crippen molar-refractivity contribution in [2.75, 3.05) is 5.32 Å². The maximum atomic E-state index is 12.4. The molecular weight excluding hydrogens is 326 g/mol. The molecule has 1 atom stereocenters. The molecule has 0 aliphatic carbocycles. The molecule has 4 rings (SSSR count). The van der Waals surface area contributed by atoms with Gasteiger partial charge in [0.25, 0.3) is 5.91 Å². The smallest absolute Gasteiger partial charge is 0.265 e. The highest BCUT2D eigenvalue weighted by Gasteiger charge is 2.16. The summed E-state index contributed by atoms with van der Waals surface area (Å²) in [7, 11) is 0. The third-order valence-corrected chi connectivity index (χ3v) is 4.35. The van der Waals surface area contributed by atoms with E-state index >= 15 is 0 Å². The molecule has 4 nitrogen and oxygen atoms in total. The summed E-state index contributed by atoms with van der Waals surface area (Å²) in [4.78, 5) is 12.4. The summed E-state index contributed by atoms with van der Waals surface area (Å²) in [5.74, 6) is 0.465. The number of fused-ring (bicyclic) bond motifs is 3. The zero-order valence-corrected chi connectivity index (χ0v) is 14.7. The lowest BCUT2D eigenvalue weighted by Crippen LogP contribution is -2.30. The fourth-order valence-corrected chi connectivity index (χ4v) is 2.92. The van der Waals surface area contributed by atoms with Crippen molar-refractivity contribution in [1.29, 1.82) is 0 Å². The van der Waals surface area contributed by atoms with Gasteiger partial charge in [0.1, 0.15) is 16.9 Å². The Labute approximate surface area is 151 Å². The van der Waals surface area contributed by atoms with E-state index < -0.39 is 6.10 Å². The number of ether oxygens (including phenoxy) is 1. The predicted octanol–water partition coefficient (Wildman–Crippen LogP) is 5.30. The normalized spacial score (nSPS) is 12.2. The first-order valence-corrected chi connectivity index (χ1v) is 8.55. The minimum absolute atomic E-state index is 0.207. The van der Waals surface area contributed by atoms with Gasteiger partial charge in [0.05, 0.1) is 0 Å². The summed E-state index contributed by atoms with van der Waals surface area (Å²) >= 11 is 0. The molecule has 0 aliphatic heterocycles. The van der Waals surface area contributed by atoms with E-state index in [-0.39, 0.29) is 5.91 Å². The Hall–Kier alpha value is -3.27. The fourth-order valence-electron chi connectivity index (χ4n) is 2.92. The van der Waals surface area contributed by atoms with Crippen molar-refractivity contribution in [1.82, 2.24) is 0 Å². The highest BCUT2D eigenvalue weighted by molar-refractivity contribution is 6.06. The molecule has 0 spiro atoms. The first-order chi connectivity index (χ1) is 12.6. The Bertz CT molecular complexity index is 1080. The van der Waals surface area contributed by atoms with Crippen LogP contribution in [0.3, 0.4) is 0 Å². The van der Waals surface area contributed by atoms with Gasteiger partial charge in [-0.25, -0.2) is 0 Å². The zero-order chi connectivity index (χ0) is 18.1. The van der Waals surface area contributed by atoms with Crippen molar-refractivity contribution in [3.63, 3.8) is 0 Å². The lowest BCUT2D eigenvalue weighted by atomic mass is 10.1. The van der Waals surface area contributed by atoms with Crippen molar-refractivity contribution >= 4 is 33.5 Å². The Balaban J connectivity index is 1.51. The van der Waals surface area contributed by atoms with E-state index in [4.69, 9.17) is 9.15 Å². The van der Waals surface area contributed by atoms with Crippen molar-refractivity contribution in [3.05, 3.63) is 72.3 Å². The second-order valence-corrected chi connectivity index (χ2v) is 6.37. The maximum absolute atomic E-state index is 12.4. The molecule has 4 aromatic rings. The number of nitrogens with one attached hydrogen (secondary N) is 1. The van der Waals surface area contributed by atoms with Gasteiger partial charge in [-0.1, -0.05) is 35.9 Å². The first-order valence-electron chi connectivity index (χ1n) is 8.55. The number of aryl methyl sites for hydroxylation is 1. The van der Waals surface area contributed by atoms with Crippen molar-refractivity contribution < 1.29 is 13.9 Å². The number of amides is 1. The quantitative estimate of drug-likeness (QED) is 0.546. The summed E-state index contributed by atoms with van der Waals surface area (Å²) in [5.41, 5.74) is 3.41. The van der Waals surface area contributed by atoms with Crippen LogP contribution in [-0.2, 0) is 4.79 Å². The summed E-state index contributed by atoms with van der Waals surface area (Å²) in [6.07, 6.45) is -0.607. The van der Waals surface area contributed by atoms with Crippen molar-refractivity contribution in [2.24, 2.45) is 0 Å². The molecule has 26 heavy (non-hydrogen) atoms. The van der Waals surface area contributed by atoms with E-state index in [2.05, 4.69) is 5.32 Å². The molecule has 1 amide bonds. The van der Waals surface area contributed by atoms with Crippen LogP contribution >= 0.6 is 0 Å². The van der Waals surface area contributed by atoms with Crippen molar-refractivity contribution in [3.8, 4) is 5.75 Å². The molecule has 0 bridgehead atoms. The third kappa shape index (κ3) is 3.14. The van der Waals surface area contributed by atoms with Gasteiger partial charge < -0.3 is 14.5 Å². The number of anilines is 1. The Kier molecular flexibility index (Phi) is 4.09. The fraction of sp³-hybridized carbons (Fsp3) is 0.136. The predicted molar refractivity (Wildman–Crippen MR) is 104 cm³/mol. The van der Waals surface area contributed by atoms with Crippen LogP contribution in [0.25, 0.3) is 21.9 Å². The van der Waals surface area contributed by atoms with Crippen LogP contribution < -0.4 is 10.1 Å². The van der Waals surface area contributed by atoms with Gasteiger partial charge in [-0.3, -0.25) is 4.79 Å². The van der Waals surface area contributed by atoms with Gasteiger partial charge in [0.2, 0.25) is 0 Å². The number of para-hydroxylation sites is 1. The van der Waals surface area contributed by atoms with Gasteiger partial charge in [0.15, 0.2) is 6.10 Å². The summed E-state index contributed by atoms with van der Waals surface area (Å²) in [5, 5.41) is 4.98. The van der Waals surface area contributed by atoms with E-state index in [1.54, 1.807) is 6.92 Å². The first kappa shape index (κ1) is 16.2. The maximum Gasteiger partial charge on any atom is 0.265 e. The highest BCUT2D eigenvalue weighted by atomic mass is 16.5. The van der Waals surface area contributed by atoms with Gasteiger partial charge in [-0.15, -0.1) is 0 Å². The number of furan rings is 1. The van der Waals surface area contributed by atoms with Gasteiger partial charge >= 0.3 is 0 Å². The highest BCUT2D eigenvalue weighted by Crippen LogP contribution is 2.30. The summed E-state index contributed by atoms with van der Waals surface area (Å²) < 4.78 is 11.6. The molecule has 0 fully saturated rings. The Morgan fingerprint density at radius 2 is 1.69 bits per heavy atom. The van der Waals surface area contributed by atoms with Gasteiger partial charge in [-0.05, 0) is 44.2 Å². The van der Waals surface area contributed by atoms with E-state index in [1.807, 2.05) is 73.7 Å². The van der Waals surface area contributed by atoms with Crippen LogP contribution in [0.1, 0.15) is 12.5 Å². The monoisotopic (exact) mass is 345 g/mol. The number of carbonyl (C=O) groups excluding carboxylic acids is 1. The lowest BCUT2D eigenvalue weighted by molar-refractivity contribution is -0.122. The SMILES string of the molecule is Cc1ccc(O[C@@H](C)C(=O)Nc2ccc3c(c2)oc2ccccc23)cc1. The minimum Gasteiger partial charge on any atom is -0.481 e. The second kappa shape index (κ2) is 6.56. The molecule has 0 aliphatic rings. The number of hydrogen-bond acceptors (Lipinski definition) is 3. The average Bonchev–Trinajstić information content (AvgIpc) is 3.01. The number of hydrogen-bond donors (Lipinski definition) is 1. The van der Waals surface area contributed by atoms with Crippen LogP contribution in [0.4, 0.5) is 5.69 Å². The van der Waals surface area contributed by atoms with Crippen LogP contribution in [0.5, 0.6) is 5.75 Å². The standard InChI is InChI=1S/C22H19NO3/c1-14-7-10-17(11-8-14)25-15(2)22(24)23-16-9-12-19-18-5-3-4-6-20(18)26-21(19)13-16/h3-13,15H,1-2H3,(H,23,24)/t15-/m0/s1. The molecule has 0 saturated carbocycles. The zero-order valence-electron chi connectivity index (χ0n) is 14.7. The number of benzene rings is 3. The van der Waals surface area contributed by atoms with Crippen LogP contribution in [-0.4, -0.2) is 12.0 Å². The molecule has 0 radical (unpaired) electrons. The van der Waals surface area contributed by atoms with E-state index in [0.29, 0.717) is 11.4 Å². The van der Waals surface area contributed by atoms with Gasteiger partial charge in [-0.2, -0.15) is 0 Å². The van der Waals surface area contributed by atoms with Gasteiger partial charge in [0, 0.05) is 22.5 Å². The molecular formula is C22H19NO3. The van der Waals surface area contributed by atoms with E-state index in [0.717, 1.165) is 27.5 Å². The van der Waals surface area contributed by atoms with Crippen LogP contribution in [0, 0.1) is 6.92 Å². The number of carbonyl (C=O) groups is 1. The molecule has 130 valence electrons. The van der Waals surface area contributed by atoms with E-state index in [9.17, 15) is 4.79 Å². The third-order valence-electron chi connectivity index (χ3n) is 4.35.